The monoisotopic (exact) mass is 265 g/mol. The van der Waals surface area contributed by atoms with E-state index >= 15 is 0 Å². The lowest BCUT2D eigenvalue weighted by molar-refractivity contribution is -0.274. The summed E-state index contributed by atoms with van der Waals surface area (Å²) < 4.78 is 40.3. The molecule has 0 bridgehead atoms. The second-order valence-corrected chi connectivity index (χ2v) is 3.29. The Balaban J connectivity index is 3.31. The Hall–Kier alpha value is -2.03. The number of nitrogen functional groups attached to an aromatic ring is 1. The van der Waals surface area contributed by atoms with Crippen LogP contribution in [0.3, 0.4) is 0 Å². The predicted molar refractivity (Wildman–Crippen MR) is 54.6 cm³/mol. The summed E-state index contributed by atoms with van der Waals surface area (Å²) in [4.78, 5) is 14.3. The van der Waals surface area contributed by atoms with Crippen LogP contribution in [0.5, 0.6) is 5.75 Å². The minimum Gasteiger partial charge on any atom is -0.481 e. The number of aromatic nitrogens is 1. The maximum atomic E-state index is 12.2. The maximum Gasteiger partial charge on any atom is 0.573 e. The van der Waals surface area contributed by atoms with Gasteiger partial charge in [-0.1, -0.05) is 0 Å². The molecule has 0 saturated heterocycles. The summed E-state index contributed by atoms with van der Waals surface area (Å²) in [6.07, 6.45) is -4.75. The first-order chi connectivity index (χ1) is 8.24. The van der Waals surface area contributed by atoms with Crippen molar-refractivity contribution < 1.29 is 27.8 Å². The second kappa shape index (κ2) is 5.08. The van der Waals surface area contributed by atoms with Crippen LogP contribution in [0.4, 0.5) is 18.9 Å². The summed E-state index contributed by atoms with van der Waals surface area (Å²) in [6.45, 7) is -0.225. The van der Waals surface area contributed by atoms with Crippen LogP contribution < -0.4 is 16.2 Å². The third-order valence-corrected chi connectivity index (χ3v) is 1.98. The predicted octanol–water partition coefficient (Wildman–Crippen LogP) is 0.648. The SMILES string of the molecule is NCc1ncc(N)c(OC(F)(F)F)c1CC(=O)O. The van der Waals surface area contributed by atoms with Gasteiger partial charge >= 0.3 is 12.3 Å². The summed E-state index contributed by atoms with van der Waals surface area (Å²) >= 11 is 0. The number of hydrogen-bond donors (Lipinski definition) is 3. The standard InChI is InChI=1S/C9H10F3N3O3/c10-9(11,12)18-8-4(1-7(16)17)6(2-13)15-3-5(8)14/h3H,1-2,13-14H2,(H,16,17). The van der Waals surface area contributed by atoms with Gasteiger partial charge in [-0.15, -0.1) is 13.2 Å². The summed E-state index contributed by atoms with van der Waals surface area (Å²) in [6, 6.07) is 0. The van der Waals surface area contributed by atoms with Gasteiger partial charge in [-0.3, -0.25) is 9.78 Å². The molecule has 1 aromatic rings. The van der Waals surface area contributed by atoms with Gasteiger partial charge in [0.05, 0.1) is 24.0 Å². The summed E-state index contributed by atoms with van der Waals surface area (Å²) in [7, 11) is 0. The zero-order chi connectivity index (χ0) is 13.9. The van der Waals surface area contributed by atoms with Gasteiger partial charge in [0.2, 0.25) is 0 Å². The number of hydrogen-bond acceptors (Lipinski definition) is 5. The Kier molecular flexibility index (Phi) is 3.96. The molecular weight excluding hydrogens is 255 g/mol. The van der Waals surface area contributed by atoms with E-state index in [9.17, 15) is 18.0 Å². The Morgan fingerprint density at radius 3 is 2.56 bits per heavy atom. The van der Waals surface area contributed by atoms with E-state index in [0.29, 0.717) is 0 Å². The molecule has 0 aliphatic rings. The first kappa shape index (κ1) is 14.0. The van der Waals surface area contributed by atoms with Crippen molar-refractivity contribution in [3.8, 4) is 5.75 Å². The normalized spacial score (nSPS) is 11.3. The molecule has 18 heavy (non-hydrogen) atoms. The Morgan fingerprint density at radius 1 is 1.50 bits per heavy atom. The molecule has 0 saturated carbocycles. The Labute approximate surface area is 99.4 Å². The molecule has 9 heteroatoms. The minimum absolute atomic E-state index is 0.00847. The number of alkyl halides is 3. The van der Waals surface area contributed by atoms with Crippen LogP contribution in [-0.2, 0) is 17.8 Å². The zero-order valence-corrected chi connectivity index (χ0v) is 8.99. The van der Waals surface area contributed by atoms with E-state index in [-0.39, 0.29) is 17.8 Å². The minimum atomic E-state index is -4.98. The van der Waals surface area contributed by atoms with Crippen LogP contribution in [0.25, 0.3) is 0 Å². The lowest BCUT2D eigenvalue weighted by atomic mass is 10.1. The number of aliphatic carboxylic acids is 1. The number of nitrogens with zero attached hydrogens (tertiary/aromatic N) is 1. The fourth-order valence-electron chi connectivity index (χ4n) is 1.33. The summed E-state index contributed by atoms with van der Waals surface area (Å²) in [5, 5.41) is 8.65. The fourth-order valence-corrected chi connectivity index (χ4v) is 1.33. The van der Waals surface area contributed by atoms with Crippen molar-refractivity contribution >= 4 is 11.7 Å². The van der Waals surface area contributed by atoms with Crippen molar-refractivity contribution in [2.75, 3.05) is 5.73 Å². The van der Waals surface area contributed by atoms with Crippen LogP contribution in [0, 0.1) is 0 Å². The number of anilines is 1. The van der Waals surface area contributed by atoms with Crippen molar-refractivity contribution in [1.29, 1.82) is 0 Å². The molecule has 0 aromatic carbocycles. The highest BCUT2D eigenvalue weighted by Gasteiger charge is 2.34. The second-order valence-electron chi connectivity index (χ2n) is 3.29. The number of halogens is 3. The third-order valence-electron chi connectivity index (χ3n) is 1.98. The van der Waals surface area contributed by atoms with E-state index in [1.165, 1.54) is 0 Å². The van der Waals surface area contributed by atoms with Crippen molar-refractivity contribution in [3.63, 3.8) is 0 Å². The quantitative estimate of drug-likeness (QED) is 0.736. The smallest absolute Gasteiger partial charge is 0.481 e. The van der Waals surface area contributed by atoms with Gasteiger partial charge in [0.25, 0.3) is 0 Å². The van der Waals surface area contributed by atoms with Gasteiger partial charge in [-0.05, 0) is 0 Å². The molecule has 1 aromatic heterocycles. The first-order valence-corrected chi connectivity index (χ1v) is 4.68. The summed E-state index contributed by atoms with van der Waals surface area (Å²) in [5.41, 5.74) is 9.90. The maximum absolute atomic E-state index is 12.2. The number of nitrogens with two attached hydrogens (primary N) is 2. The topological polar surface area (TPSA) is 111 Å². The van der Waals surface area contributed by atoms with Crippen LogP contribution in [0.15, 0.2) is 6.20 Å². The lowest BCUT2D eigenvalue weighted by Crippen LogP contribution is -2.21. The van der Waals surface area contributed by atoms with E-state index in [2.05, 4.69) is 9.72 Å². The fraction of sp³-hybridized carbons (Fsp3) is 0.333. The lowest BCUT2D eigenvalue weighted by Gasteiger charge is -2.16. The number of carboxylic acids is 1. The summed E-state index contributed by atoms with van der Waals surface area (Å²) in [5.74, 6) is -2.11. The Bertz CT molecular complexity index is 462. The van der Waals surface area contributed by atoms with Crippen LogP contribution >= 0.6 is 0 Å². The van der Waals surface area contributed by atoms with Gasteiger partial charge in [0.15, 0.2) is 5.75 Å². The number of ether oxygens (including phenoxy) is 1. The third kappa shape index (κ3) is 3.48. The van der Waals surface area contributed by atoms with E-state index in [4.69, 9.17) is 16.6 Å². The molecule has 6 nitrogen and oxygen atoms in total. The van der Waals surface area contributed by atoms with Gasteiger partial charge in [-0.2, -0.15) is 0 Å². The molecule has 0 radical (unpaired) electrons. The zero-order valence-electron chi connectivity index (χ0n) is 8.99. The number of rotatable bonds is 4. The average molecular weight is 265 g/mol. The van der Waals surface area contributed by atoms with E-state index in [0.717, 1.165) is 6.20 Å². The van der Waals surface area contributed by atoms with Crippen molar-refractivity contribution in [2.24, 2.45) is 5.73 Å². The molecule has 0 amide bonds. The van der Waals surface area contributed by atoms with Crippen molar-refractivity contribution in [1.82, 2.24) is 4.98 Å². The molecule has 0 aliphatic heterocycles. The van der Waals surface area contributed by atoms with Gasteiger partial charge < -0.3 is 21.3 Å². The van der Waals surface area contributed by atoms with E-state index in [1.54, 1.807) is 0 Å². The molecular formula is C9H10F3N3O3. The number of pyridine rings is 1. The molecule has 1 rings (SSSR count). The van der Waals surface area contributed by atoms with Gasteiger partial charge in [0, 0.05) is 12.1 Å². The van der Waals surface area contributed by atoms with E-state index in [1.807, 2.05) is 0 Å². The van der Waals surface area contributed by atoms with Crippen molar-refractivity contribution in [2.45, 2.75) is 19.3 Å². The van der Waals surface area contributed by atoms with Crippen LogP contribution in [0.1, 0.15) is 11.3 Å². The molecule has 5 N–H and O–H groups in total. The highest BCUT2D eigenvalue weighted by Crippen LogP contribution is 2.33. The number of carbonyl (C=O) groups is 1. The van der Waals surface area contributed by atoms with Crippen molar-refractivity contribution in [3.05, 3.63) is 17.5 Å². The molecule has 0 spiro atoms. The first-order valence-electron chi connectivity index (χ1n) is 4.68. The van der Waals surface area contributed by atoms with Crippen LogP contribution in [-0.4, -0.2) is 22.4 Å². The van der Waals surface area contributed by atoms with Gasteiger partial charge in [0.1, 0.15) is 0 Å². The molecule has 0 atom stereocenters. The average Bonchev–Trinajstić information content (AvgIpc) is 2.21. The Morgan fingerprint density at radius 2 is 2.11 bits per heavy atom. The van der Waals surface area contributed by atoms with Crippen LogP contribution in [0.2, 0.25) is 0 Å². The number of carboxylic acid groups (broad SMARTS) is 1. The highest BCUT2D eigenvalue weighted by molar-refractivity contribution is 5.73. The highest BCUT2D eigenvalue weighted by atomic mass is 19.4. The molecule has 100 valence electrons. The largest absolute Gasteiger partial charge is 0.573 e. The van der Waals surface area contributed by atoms with E-state index < -0.39 is 30.2 Å². The molecule has 0 aliphatic carbocycles. The molecule has 1 heterocycles. The van der Waals surface area contributed by atoms with Gasteiger partial charge in [-0.25, -0.2) is 0 Å². The molecule has 0 fully saturated rings. The molecule has 0 unspecified atom stereocenters.